The maximum absolute atomic E-state index is 8.40. The first-order valence-corrected chi connectivity index (χ1v) is 11.6. The molecular formula is C28H32N4O3. The maximum Gasteiger partial charge on any atom is 0.227 e. The van der Waals surface area contributed by atoms with E-state index in [0.29, 0.717) is 34.9 Å². The van der Waals surface area contributed by atoms with Gasteiger partial charge in [0, 0.05) is 29.5 Å². The van der Waals surface area contributed by atoms with Crippen LogP contribution in [0.15, 0.2) is 66.9 Å². The van der Waals surface area contributed by atoms with E-state index in [1.807, 2.05) is 0 Å². The van der Waals surface area contributed by atoms with Gasteiger partial charge < -0.3 is 19.5 Å². The Morgan fingerprint density at radius 3 is 2.86 bits per heavy atom. The summed E-state index contributed by atoms with van der Waals surface area (Å²) >= 11 is 0. The number of nitrogens with one attached hydrogen (secondary N) is 1. The molecule has 2 aliphatic rings. The second-order valence-corrected chi connectivity index (χ2v) is 8.19. The molecule has 6 bridgehead atoms. The largest absolute Gasteiger partial charge is 0.492 e. The number of benzene rings is 2. The van der Waals surface area contributed by atoms with Gasteiger partial charge in [-0.15, -0.1) is 0 Å². The molecule has 1 fully saturated rings. The fraction of sp³-hybridized carbons (Fsp3) is 0.357. The van der Waals surface area contributed by atoms with Crippen LogP contribution in [-0.4, -0.2) is 54.2 Å². The minimum absolute atomic E-state index is 0.0160. The molecule has 1 N–H and O–H groups in total. The lowest BCUT2D eigenvalue weighted by Gasteiger charge is -2.17. The first kappa shape index (κ1) is 16.4. The summed E-state index contributed by atoms with van der Waals surface area (Å²) in [7, 11) is 0. The summed E-state index contributed by atoms with van der Waals surface area (Å²) in [5.74, 6) is 0.640. The van der Waals surface area contributed by atoms with Crippen molar-refractivity contribution in [1.82, 2.24) is 14.9 Å². The highest BCUT2D eigenvalue weighted by atomic mass is 16.5. The number of likely N-dealkylation sites (tertiary alicyclic amines) is 1. The highest BCUT2D eigenvalue weighted by Crippen LogP contribution is 2.26. The average Bonchev–Trinajstić information content (AvgIpc) is 3.44. The Morgan fingerprint density at radius 2 is 1.94 bits per heavy atom. The van der Waals surface area contributed by atoms with E-state index in [-0.39, 0.29) is 24.3 Å². The SMILES string of the molecule is [2H]c1cc2nc(n1)Nc1ccc(OCCN3CCCC3)c(c1)COC([2H])([2H])/C=C/C([2H])([2H])OC([2H])([2H])c1cccc-2c1. The van der Waals surface area contributed by atoms with Gasteiger partial charge in [-0.1, -0.05) is 30.4 Å². The van der Waals surface area contributed by atoms with Crippen LogP contribution in [0.4, 0.5) is 11.6 Å². The van der Waals surface area contributed by atoms with E-state index in [1.165, 1.54) is 31.0 Å². The number of hydrogen-bond donors (Lipinski definition) is 1. The predicted molar refractivity (Wildman–Crippen MR) is 137 cm³/mol. The number of anilines is 2. The first-order chi connectivity index (χ1) is 19.9. The lowest BCUT2D eigenvalue weighted by molar-refractivity contribution is 0.138. The fourth-order valence-corrected chi connectivity index (χ4v) is 3.96. The smallest absolute Gasteiger partial charge is 0.227 e. The molecule has 0 atom stereocenters. The highest BCUT2D eigenvalue weighted by Gasteiger charge is 2.13. The summed E-state index contributed by atoms with van der Waals surface area (Å²) in [6.45, 7) is -4.61. The van der Waals surface area contributed by atoms with Crippen LogP contribution in [0.5, 0.6) is 5.75 Å². The van der Waals surface area contributed by atoms with Gasteiger partial charge in [-0.2, -0.15) is 0 Å². The van der Waals surface area contributed by atoms with E-state index < -0.39 is 19.7 Å². The Kier molecular flexibility index (Phi) is 5.60. The zero-order valence-corrected chi connectivity index (χ0v) is 19.3. The molecule has 2 aliphatic heterocycles. The first-order valence-electron chi connectivity index (χ1n) is 15.1. The van der Waals surface area contributed by atoms with E-state index >= 15 is 0 Å². The normalized spacial score (nSPS) is 25.0. The van der Waals surface area contributed by atoms with E-state index in [4.69, 9.17) is 23.8 Å². The van der Waals surface area contributed by atoms with Crippen molar-refractivity contribution in [3.05, 3.63) is 78.0 Å². The molecule has 1 aromatic heterocycles. The molecule has 1 saturated heterocycles. The Bertz CT molecular complexity index is 1450. The van der Waals surface area contributed by atoms with E-state index in [1.54, 1.807) is 30.3 Å². The number of hydrogen-bond acceptors (Lipinski definition) is 7. The fourth-order valence-electron chi connectivity index (χ4n) is 3.96. The summed E-state index contributed by atoms with van der Waals surface area (Å²) in [6, 6.07) is 12.9. The third-order valence-corrected chi connectivity index (χ3v) is 5.70. The molecule has 0 spiro atoms. The van der Waals surface area contributed by atoms with Crippen LogP contribution in [0.2, 0.25) is 0 Å². The Morgan fingerprint density at radius 1 is 1.06 bits per heavy atom. The molecule has 5 rings (SSSR count). The quantitative estimate of drug-likeness (QED) is 0.530. The standard InChI is InChI=1S/C28H32N4O3/c1-2-13-32(12-1)14-17-35-27-9-8-25-19-24(27)21-34-16-4-3-15-33-20-22-6-5-7-23(18-22)26-10-11-29-28(30-25)31-26/h3-11,18-19H,1-2,12-17,20-21H2,(H,29,30,31)/b4-3+/i11D,15D2,16D2,20D2. The molecule has 7 heteroatoms. The molecule has 182 valence electrons. The minimum atomic E-state index is -2.67. The van der Waals surface area contributed by atoms with Crippen molar-refractivity contribution in [3.8, 4) is 17.0 Å². The van der Waals surface area contributed by atoms with Gasteiger partial charge in [-0.05, 0) is 61.8 Å². The molecule has 35 heavy (non-hydrogen) atoms. The topological polar surface area (TPSA) is 68.7 Å². The van der Waals surface area contributed by atoms with Crippen LogP contribution in [0, 0.1) is 0 Å². The van der Waals surface area contributed by atoms with E-state index in [2.05, 4.69) is 20.2 Å². The van der Waals surface area contributed by atoms with Crippen LogP contribution >= 0.6 is 0 Å². The van der Waals surface area contributed by atoms with Gasteiger partial charge in [0.15, 0.2) is 0 Å². The van der Waals surface area contributed by atoms with Gasteiger partial charge in [0.2, 0.25) is 5.95 Å². The summed E-state index contributed by atoms with van der Waals surface area (Å²) in [6.07, 6.45) is 3.94. The lowest BCUT2D eigenvalue weighted by Crippen LogP contribution is -2.25. The van der Waals surface area contributed by atoms with Gasteiger partial charge in [0.1, 0.15) is 12.4 Å². The predicted octanol–water partition coefficient (Wildman–Crippen LogP) is 4.96. The second kappa shape index (κ2) is 11.9. The molecule has 3 heterocycles. The van der Waals surface area contributed by atoms with E-state index in [9.17, 15) is 0 Å². The third kappa shape index (κ3) is 6.66. The van der Waals surface area contributed by atoms with E-state index in [0.717, 1.165) is 31.8 Å². The average molecular weight is 480 g/mol. The molecule has 0 unspecified atom stereocenters. The van der Waals surface area contributed by atoms with Crippen molar-refractivity contribution in [1.29, 1.82) is 0 Å². The van der Waals surface area contributed by atoms with Crippen LogP contribution in [0.3, 0.4) is 0 Å². The molecule has 0 radical (unpaired) electrons. The van der Waals surface area contributed by atoms with Gasteiger partial charge >= 0.3 is 0 Å². The van der Waals surface area contributed by atoms with Gasteiger partial charge in [0.25, 0.3) is 0 Å². The van der Waals surface area contributed by atoms with Crippen molar-refractivity contribution in [2.75, 3.05) is 44.7 Å². The van der Waals surface area contributed by atoms with Crippen LogP contribution in [0.25, 0.3) is 11.3 Å². The summed E-state index contributed by atoms with van der Waals surface area (Å²) in [5.41, 5.74) is 1.94. The van der Waals surface area contributed by atoms with Gasteiger partial charge in [0.05, 0.1) is 41.6 Å². The van der Waals surface area contributed by atoms with Gasteiger partial charge in [-0.3, -0.25) is 4.90 Å². The zero-order valence-electron chi connectivity index (χ0n) is 26.3. The monoisotopic (exact) mass is 479 g/mol. The van der Waals surface area contributed by atoms with Crippen LogP contribution in [-0.2, 0) is 22.6 Å². The second-order valence-electron chi connectivity index (χ2n) is 8.19. The molecular weight excluding hydrogens is 440 g/mol. The Balaban J connectivity index is 1.51. The van der Waals surface area contributed by atoms with Crippen molar-refractivity contribution in [2.45, 2.75) is 26.0 Å². The molecule has 0 amide bonds. The van der Waals surface area contributed by atoms with Gasteiger partial charge in [-0.25, -0.2) is 9.97 Å². The van der Waals surface area contributed by atoms with Crippen molar-refractivity contribution >= 4 is 11.6 Å². The Labute approximate surface area is 216 Å². The maximum atomic E-state index is 8.40. The van der Waals surface area contributed by atoms with Crippen molar-refractivity contribution in [2.24, 2.45) is 0 Å². The molecule has 0 saturated carbocycles. The van der Waals surface area contributed by atoms with Crippen LogP contribution in [0.1, 0.15) is 33.6 Å². The van der Waals surface area contributed by atoms with Crippen molar-refractivity contribution in [3.63, 3.8) is 0 Å². The van der Waals surface area contributed by atoms with Crippen LogP contribution < -0.4 is 10.1 Å². The third-order valence-electron chi connectivity index (χ3n) is 5.70. The molecule has 2 aromatic carbocycles. The number of aromatic nitrogens is 2. The minimum Gasteiger partial charge on any atom is -0.492 e. The molecule has 7 nitrogen and oxygen atoms in total. The summed E-state index contributed by atoms with van der Waals surface area (Å²) in [5, 5.41) is 3.09. The number of fused-ring (bicyclic) bond motifs is 7. The number of nitrogens with zero attached hydrogens (tertiary/aromatic N) is 3. The molecule has 0 aliphatic carbocycles. The Hall–Kier alpha value is -3.26. The number of rotatable bonds is 4. The lowest BCUT2D eigenvalue weighted by atomic mass is 10.1. The zero-order chi connectivity index (χ0) is 30.0. The van der Waals surface area contributed by atoms with Crippen molar-refractivity contribution < 1.29 is 23.8 Å². The highest BCUT2D eigenvalue weighted by molar-refractivity contribution is 5.63. The summed E-state index contributed by atoms with van der Waals surface area (Å²) in [4.78, 5) is 11.0. The summed E-state index contributed by atoms with van der Waals surface area (Å²) < 4.78 is 74.7. The molecule has 3 aromatic rings. The number of ether oxygens (including phenoxy) is 3.